The number of hydrogen-bond acceptors (Lipinski definition) is 6. The molecule has 9 heteroatoms. The van der Waals surface area contributed by atoms with Gasteiger partial charge in [0.2, 0.25) is 0 Å². The molecule has 8 nitrogen and oxygen atoms in total. The van der Waals surface area contributed by atoms with Gasteiger partial charge < -0.3 is 14.7 Å². The number of ether oxygens (including phenoxy) is 1. The summed E-state index contributed by atoms with van der Waals surface area (Å²) >= 11 is 0. The summed E-state index contributed by atoms with van der Waals surface area (Å²) < 4.78 is 36.4. The molecule has 2 heterocycles. The summed E-state index contributed by atoms with van der Waals surface area (Å²) in [6.07, 6.45) is 0.345. The van der Waals surface area contributed by atoms with Gasteiger partial charge in [0.1, 0.15) is 16.2 Å². The van der Waals surface area contributed by atoms with Crippen LogP contribution >= 0.6 is 0 Å². The number of likely N-dealkylation sites (tertiary alicyclic amines) is 1. The summed E-state index contributed by atoms with van der Waals surface area (Å²) in [6, 6.07) is 13.6. The van der Waals surface area contributed by atoms with Crippen molar-refractivity contribution in [1.29, 1.82) is 0 Å². The Bertz CT molecular complexity index is 1090. The SMILES string of the molecule is Cc1ccc(S(=O)(=O)O/N=C2\CC3(CCN(C(=O)O)CC3)Oc3ccccc32)cc1. The van der Waals surface area contributed by atoms with Gasteiger partial charge in [-0.05, 0) is 31.2 Å². The Labute approximate surface area is 174 Å². The second-order valence-corrected chi connectivity index (χ2v) is 9.14. The molecule has 2 aliphatic rings. The van der Waals surface area contributed by atoms with E-state index in [1.165, 1.54) is 17.0 Å². The molecule has 0 atom stereocenters. The number of oxime groups is 1. The molecule has 0 radical (unpaired) electrons. The Balaban J connectivity index is 1.61. The smallest absolute Gasteiger partial charge is 0.407 e. The minimum Gasteiger partial charge on any atom is -0.486 e. The zero-order chi connectivity index (χ0) is 21.4. The zero-order valence-electron chi connectivity index (χ0n) is 16.4. The molecule has 2 aliphatic heterocycles. The van der Waals surface area contributed by atoms with Crippen LogP contribution in [0.1, 0.15) is 30.4 Å². The Morgan fingerprint density at radius 3 is 2.47 bits per heavy atom. The number of carboxylic acid groups (broad SMARTS) is 1. The molecule has 158 valence electrons. The fourth-order valence-electron chi connectivity index (χ4n) is 3.77. The van der Waals surface area contributed by atoms with Crippen LogP contribution < -0.4 is 4.74 Å². The minimum absolute atomic E-state index is 0.0299. The van der Waals surface area contributed by atoms with Gasteiger partial charge in [-0.1, -0.05) is 35.0 Å². The first-order valence-corrected chi connectivity index (χ1v) is 11.0. The molecule has 1 spiro atoms. The molecule has 0 unspecified atom stereocenters. The van der Waals surface area contributed by atoms with Crippen LogP contribution in [0.25, 0.3) is 0 Å². The van der Waals surface area contributed by atoms with Gasteiger partial charge in [-0.2, -0.15) is 8.42 Å². The fraction of sp³-hybridized carbons (Fsp3) is 0.333. The molecule has 1 fully saturated rings. The quantitative estimate of drug-likeness (QED) is 0.748. The molecule has 0 aromatic heterocycles. The number of piperidine rings is 1. The highest BCUT2D eigenvalue weighted by Gasteiger charge is 2.43. The van der Waals surface area contributed by atoms with Crippen molar-refractivity contribution in [3.8, 4) is 5.75 Å². The average molecular weight is 430 g/mol. The second-order valence-electron chi connectivity index (χ2n) is 7.61. The average Bonchev–Trinajstić information content (AvgIpc) is 2.73. The molecule has 30 heavy (non-hydrogen) atoms. The van der Waals surface area contributed by atoms with Gasteiger partial charge >= 0.3 is 16.2 Å². The monoisotopic (exact) mass is 430 g/mol. The van der Waals surface area contributed by atoms with E-state index in [2.05, 4.69) is 5.16 Å². The first kappa shape index (κ1) is 20.2. The number of aryl methyl sites for hydroxylation is 1. The van der Waals surface area contributed by atoms with Crippen LogP contribution in [0, 0.1) is 6.92 Å². The van der Waals surface area contributed by atoms with Crippen molar-refractivity contribution in [3.05, 3.63) is 59.7 Å². The molecule has 1 amide bonds. The van der Waals surface area contributed by atoms with E-state index in [1.54, 1.807) is 24.3 Å². The summed E-state index contributed by atoms with van der Waals surface area (Å²) in [4.78, 5) is 12.6. The van der Waals surface area contributed by atoms with E-state index in [0.717, 1.165) is 5.56 Å². The third-order valence-electron chi connectivity index (χ3n) is 5.51. The number of hydrogen-bond donors (Lipinski definition) is 1. The summed E-state index contributed by atoms with van der Waals surface area (Å²) in [6.45, 7) is 2.55. The molecule has 2 aromatic rings. The van der Waals surface area contributed by atoms with Gasteiger partial charge in [-0.3, -0.25) is 4.28 Å². The lowest BCUT2D eigenvalue weighted by molar-refractivity contribution is 0.00637. The lowest BCUT2D eigenvalue weighted by Gasteiger charge is -2.43. The van der Waals surface area contributed by atoms with E-state index in [1.807, 2.05) is 19.1 Å². The number of benzene rings is 2. The van der Waals surface area contributed by atoms with E-state index in [4.69, 9.17) is 9.02 Å². The van der Waals surface area contributed by atoms with Gasteiger partial charge in [0.05, 0.1) is 5.71 Å². The van der Waals surface area contributed by atoms with Crippen molar-refractivity contribution in [1.82, 2.24) is 4.90 Å². The summed E-state index contributed by atoms with van der Waals surface area (Å²) in [5, 5.41) is 13.2. The van der Waals surface area contributed by atoms with Gasteiger partial charge in [-0.25, -0.2) is 4.79 Å². The molecule has 4 rings (SSSR count). The van der Waals surface area contributed by atoms with E-state index in [9.17, 15) is 18.3 Å². The summed E-state index contributed by atoms with van der Waals surface area (Å²) in [5.74, 6) is 0.586. The number of carbonyl (C=O) groups is 1. The van der Waals surface area contributed by atoms with Gasteiger partial charge in [0, 0.05) is 37.9 Å². The van der Waals surface area contributed by atoms with Crippen LogP contribution in [0.2, 0.25) is 0 Å². The van der Waals surface area contributed by atoms with Crippen molar-refractivity contribution in [2.75, 3.05) is 13.1 Å². The predicted molar refractivity (Wildman–Crippen MR) is 109 cm³/mol. The highest BCUT2D eigenvalue weighted by atomic mass is 32.2. The van der Waals surface area contributed by atoms with Crippen molar-refractivity contribution in [2.45, 2.75) is 36.7 Å². The summed E-state index contributed by atoms with van der Waals surface area (Å²) in [5.41, 5.74) is 1.43. The van der Waals surface area contributed by atoms with Crippen LogP contribution in [0.3, 0.4) is 0 Å². The number of para-hydroxylation sites is 1. The first-order chi connectivity index (χ1) is 14.3. The van der Waals surface area contributed by atoms with Crippen molar-refractivity contribution in [3.63, 3.8) is 0 Å². The van der Waals surface area contributed by atoms with Crippen LogP contribution in [0.15, 0.2) is 58.6 Å². The highest BCUT2D eigenvalue weighted by Crippen LogP contribution is 2.39. The van der Waals surface area contributed by atoms with E-state index in [-0.39, 0.29) is 4.90 Å². The normalized spacial score (nSPS) is 19.2. The molecule has 0 aliphatic carbocycles. The topological polar surface area (TPSA) is 106 Å². The van der Waals surface area contributed by atoms with E-state index >= 15 is 0 Å². The summed E-state index contributed by atoms with van der Waals surface area (Å²) in [7, 11) is -4.06. The number of rotatable bonds is 3. The van der Waals surface area contributed by atoms with Crippen molar-refractivity contribution >= 4 is 21.9 Å². The maximum absolute atomic E-state index is 12.6. The minimum atomic E-state index is -4.06. The lowest BCUT2D eigenvalue weighted by Crippen LogP contribution is -2.52. The molecular formula is C21H22N2O6S. The predicted octanol–water partition coefficient (Wildman–Crippen LogP) is 3.40. The molecule has 0 bridgehead atoms. The Kier molecular flexibility index (Phi) is 5.15. The maximum atomic E-state index is 12.6. The highest BCUT2D eigenvalue weighted by molar-refractivity contribution is 7.86. The van der Waals surface area contributed by atoms with E-state index < -0.39 is 21.8 Å². The third kappa shape index (κ3) is 3.97. The Hall–Kier alpha value is -3.07. The molecular weight excluding hydrogens is 408 g/mol. The fourth-order valence-corrected chi connectivity index (χ4v) is 4.52. The molecule has 0 saturated carbocycles. The maximum Gasteiger partial charge on any atom is 0.407 e. The zero-order valence-corrected chi connectivity index (χ0v) is 17.3. The molecule has 1 N–H and O–H groups in total. The first-order valence-electron chi connectivity index (χ1n) is 9.62. The Morgan fingerprint density at radius 1 is 1.13 bits per heavy atom. The number of fused-ring (bicyclic) bond motifs is 1. The van der Waals surface area contributed by atoms with Crippen LogP contribution in [-0.4, -0.2) is 48.9 Å². The Morgan fingerprint density at radius 2 is 1.80 bits per heavy atom. The van der Waals surface area contributed by atoms with Crippen LogP contribution in [0.4, 0.5) is 4.79 Å². The van der Waals surface area contributed by atoms with Crippen LogP contribution in [-0.2, 0) is 14.4 Å². The number of nitrogens with zero attached hydrogens (tertiary/aromatic N) is 2. The largest absolute Gasteiger partial charge is 0.486 e. The van der Waals surface area contributed by atoms with Crippen molar-refractivity contribution in [2.24, 2.45) is 5.16 Å². The second kappa shape index (κ2) is 7.64. The van der Waals surface area contributed by atoms with Gasteiger partial charge in [-0.15, -0.1) is 0 Å². The third-order valence-corrected chi connectivity index (χ3v) is 6.63. The molecule has 1 saturated heterocycles. The van der Waals surface area contributed by atoms with Crippen molar-refractivity contribution < 1.29 is 27.3 Å². The lowest BCUT2D eigenvalue weighted by atomic mass is 9.82. The van der Waals surface area contributed by atoms with Crippen LogP contribution in [0.5, 0.6) is 5.75 Å². The molecule has 2 aromatic carbocycles. The van der Waals surface area contributed by atoms with Gasteiger partial charge in [0.15, 0.2) is 0 Å². The number of amides is 1. The van der Waals surface area contributed by atoms with E-state index in [0.29, 0.717) is 49.4 Å². The standard InChI is InChI=1S/C21H22N2O6S/c1-15-6-8-16(9-7-15)30(26,27)29-22-18-14-21(10-12-23(13-11-21)20(24)25)28-19-5-3-2-4-17(18)19/h2-9H,10-14H2,1H3,(H,24,25)/b22-18+. The van der Waals surface area contributed by atoms with Gasteiger partial charge in [0.25, 0.3) is 0 Å².